The largest absolute Gasteiger partial charge is 0.290 e. The van der Waals surface area contributed by atoms with E-state index >= 15 is 0 Å². The Morgan fingerprint density at radius 1 is 1.18 bits per heavy atom. The van der Waals surface area contributed by atoms with Crippen LogP contribution in [0.2, 0.25) is 0 Å². The van der Waals surface area contributed by atoms with Crippen LogP contribution in [0, 0.1) is 0 Å². The molecule has 124 valence electrons. The predicted octanol–water partition coefficient (Wildman–Crippen LogP) is 4.34. The van der Waals surface area contributed by atoms with Gasteiger partial charge in [0.15, 0.2) is 0 Å². The molecule has 0 aromatic carbocycles. The van der Waals surface area contributed by atoms with E-state index in [-0.39, 0.29) is 0 Å². The Bertz CT molecular complexity index is 484. The summed E-state index contributed by atoms with van der Waals surface area (Å²) in [5.74, 6) is 0.475. The highest BCUT2D eigenvalue weighted by Crippen LogP contribution is 2.38. The quantitative estimate of drug-likeness (QED) is 0.308. The van der Waals surface area contributed by atoms with Crippen LogP contribution in [-0.4, -0.2) is 26.8 Å². The summed E-state index contributed by atoms with van der Waals surface area (Å²) in [6.07, 6.45) is 10.5. The maximum atomic E-state index is 6.61. The number of nitrogens with zero attached hydrogens (tertiary/aromatic N) is 4. The van der Waals surface area contributed by atoms with Crippen molar-refractivity contribution in [3.63, 3.8) is 0 Å². The molecule has 22 heavy (non-hydrogen) atoms. The molecule has 0 fully saturated rings. The molecule has 7 heteroatoms. The molecule has 2 aliphatic rings. The van der Waals surface area contributed by atoms with E-state index in [0.29, 0.717) is 5.96 Å². The summed E-state index contributed by atoms with van der Waals surface area (Å²) >= 11 is 12.6. The fourth-order valence-electron chi connectivity index (χ4n) is 2.83. The second-order valence-corrected chi connectivity index (χ2v) is 6.68. The lowest BCUT2D eigenvalue weighted by Crippen LogP contribution is -2.55. The van der Waals surface area contributed by atoms with Gasteiger partial charge in [0, 0.05) is 23.0 Å². The van der Waals surface area contributed by atoms with Gasteiger partial charge >= 0.3 is 0 Å². The van der Waals surface area contributed by atoms with Crippen LogP contribution in [-0.2, 0) is 0 Å². The number of aliphatic imine (C=N–C) groups is 1. The molecule has 0 amide bonds. The summed E-state index contributed by atoms with van der Waals surface area (Å²) in [6, 6.07) is 0. The van der Waals surface area contributed by atoms with E-state index in [1.807, 2.05) is 0 Å². The molecule has 2 N–H and O–H groups in total. The van der Waals surface area contributed by atoms with Gasteiger partial charge in [0.25, 0.3) is 0 Å². The smallest absolute Gasteiger partial charge is 0.246 e. The molecule has 0 aromatic rings. The Hall–Kier alpha value is -0.780. The average molecular weight is 346 g/mol. The highest BCUT2D eigenvalue weighted by Gasteiger charge is 2.45. The maximum Gasteiger partial charge on any atom is 0.246 e. The lowest BCUT2D eigenvalue weighted by Gasteiger charge is -2.37. The normalized spacial score (nSPS) is 24.1. The third-order valence-corrected chi connectivity index (χ3v) is 4.71. The van der Waals surface area contributed by atoms with Crippen molar-refractivity contribution in [2.45, 2.75) is 70.3 Å². The van der Waals surface area contributed by atoms with Crippen LogP contribution in [0.1, 0.15) is 65.2 Å². The Balaban J connectivity index is 2.04. The van der Waals surface area contributed by atoms with Crippen molar-refractivity contribution in [2.24, 2.45) is 15.8 Å². The number of allylic oxidation sites excluding steroid dienone is 1. The minimum Gasteiger partial charge on any atom is -0.290 e. The Morgan fingerprint density at radius 3 is 2.55 bits per heavy atom. The molecule has 2 rings (SSSR count). The molecule has 1 unspecified atom stereocenters. The number of unbranched alkanes of at least 4 members (excludes halogenated alkanes) is 5. The number of alkyl halides is 1. The summed E-state index contributed by atoms with van der Waals surface area (Å²) in [6.45, 7) is 4.28. The molecule has 0 bridgehead atoms. The summed E-state index contributed by atoms with van der Waals surface area (Å²) in [5.41, 5.74) is 8.23. The van der Waals surface area contributed by atoms with Gasteiger partial charge in [0.2, 0.25) is 11.1 Å². The zero-order chi connectivity index (χ0) is 16.2. The molecule has 0 aromatic heterocycles. The number of hydrogen-bond donors (Lipinski definition) is 1. The van der Waals surface area contributed by atoms with Crippen LogP contribution in [0.3, 0.4) is 0 Å². The van der Waals surface area contributed by atoms with Crippen molar-refractivity contribution in [2.75, 3.05) is 0 Å². The van der Waals surface area contributed by atoms with Crippen LogP contribution < -0.4 is 5.73 Å². The third-order valence-electron chi connectivity index (χ3n) is 4.08. The lowest BCUT2D eigenvalue weighted by molar-refractivity contribution is 0.307. The zero-order valence-electron chi connectivity index (χ0n) is 13.4. The summed E-state index contributed by atoms with van der Waals surface area (Å²) in [7, 11) is 0. The second kappa shape index (κ2) is 7.66. The second-order valence-electron chi connectivity index (χ2n) is 5.74. The van der Waals surface area contributed by atoms with E-state index in [1.165, 1.54) is 47.9 Å². The van der Waals surface area contributed by atoms with Crippen molar-refractivity contribution in [1.82, 2.24) is 9.43 Å². The molecule has 2 heterocycles. The number of halogens is 2. The van der Waals surface area contributed by atoms with E-state index < -0.39 is 5.12 Å². The highest BCUT2D eigenvalue weighted by molar-refractivity contribution is 6.32. The highest BCUT2D eigenvalue weighted by atomic mass is 35.5. The Morgan fingerprint density at radius 2 is 1.86 bits per heavy atom. The lowest BCUT2D eigenvalue weighted by atomic mass is 9.99. The minimum absolute atomic E-state index is 0.475. The SMILES string of the molecule is CCCCCCCCC1=C(CC)N=C2N(Cl)C=NN2C1(N)Cl. The Kier molecular flexibility index (Phi) is 6.12. The first kappa shape index (κ1) is 17.6. The average Bonchev–Trinajstić information content (AvgIpc) is 2.86. The molecule has 0 spiro atoms. The molecule has 0 aliphatic carbocycles. The number of nitrogens with two attached hydrogens (primary N) is 1. The van der Waals surface area contributed by atoms with Crippen LogP contribution in [0.4, 0.5) is 0 Å². The first-order chi connectivity index (χ1) is 10.5. The molecule has 5 nitrogen and oxygen atoms in total. The number of hydrazone groups is 1. The third kappa shape index (κ3) is 3.58. The fourth-order valence-corrected chi connectivity index (χ4v) is 3.30. The maximum absolute atomic E-state index is 6.61. The van der Waals surface area contributed by atoms with Crippen molar-refractivity contribution in [3.8, 4) is 0 Å². The summed E-state index contributed by atoms with van der Waals surface area (Å²) < 4.78 is 1.32. The van der Waals surface area contributed by atoms with Gasteiger partial charge in [-0.3, -0.25) is 5.73 Å². The molecule has 1 atom stereocenters. The number of guanidine groups is 1. The molecular weight excluding hydrogens is 321 g/mol. The van der Waals surface area contributed by atoms with Gasteiger partial charge in [-0.05, 0) is 19.3 Å². The van der Waals surface area contributed by atoms with Gasteiger partial charge in [-0.2, -0.15) is 10.1 Å². The van der Waals surface area contributed by atoms with Crippen molar-refractivity contribution in [3.05, 3.63) is 11.3 Å². The van der Waals surface area contributed by atoms with E-state index in [0.717, 1.165) is 30.5 Å². The van der Waals surface area contributed by atoms with Gasteiger partial charge in [-0.15, -0.1) is 0 Å². The van der Waals surface area contributed by atoms with Crippen LogP contribution in [0.5, 0.6) is 0 Å². The Labute approximate surface area is 142 Å². The van der Waals surface area contributed by atoms with Gasteiger partial charge < -0.3 is 0 Å². The molecule has 2 aliphatic heterocycles. The van der Waals surface area contributed by atoms with Crippen molar-refractivity contribution >= 4 is 35.7 Å². The van der Waals surface area contributed by atoms with Crippen LogP contribution >= 0.6 is 23.4 Å². The molecule has 0 saturated carbocycles. The monoisotopic (exact) mass is 345 g/mol. The first-order valence-electron chi connectivity index (χ1n) is 8.10. The molecular formula is C15H25Cl2N5. The molecule has 0 saturated heterocycles. The molecule has 0 radical (unpaired) electrons. The summed E-state index contributed by atoms with van der Waals surface area (Å²) in [5, 5.41) is 4.48. The summed E-state index contributed by atoms with van der Waals surface area (Å²) in [4.78, 5) is 4.58. The van der Waals surface area contributed by atoms with Gasteiger partial charge in [0.1, 0.15) is 6.34 Å². The van der Waals surface area contributed by atoms with Crippen LogP contribution in [0.25, 0.3) is 0 Å². The number of fused-ring (bicyclic) bond motifs is 1. The van der Waals surface area contributed by atoms with Crippen molar-refractivity contribution < 1.29 is 0 Å². The predicted molar refractivity (Wildman–Crippen MR) is 93.5 cm³/mol. The minimum atomic E-state index is -1.17. The van der Waals surface area contributed by atoms with E-state index in [9.17, 15) is 0 Å². The van der Waals surface area contributed by atoms with Gasteiger partial charge in [0.05, 0.1) is 0 Å². The van der Waals surface area contributed by atoms with E-state index in [4.69, 9.17) is 29.1 Å². The zero-order valence-corrected chi connectivity index (χ0v) is 14.9. The number of hydrogen-bond acceptors (Lipinski definition) is 5. The van der Waals surface area contributed by atoms with Gasteiger partial charge in [-0.1, -0.05) is 57.6 Å². The fraction of sp³-hybridized carbons (Fsp3) is 0.733. The first-order valence-corrected chi connectivity index (χ1v) is 8.82. The van der Waals surface area contributed by atoms with Crippen LogP contribution in [0.15, 0.2) is 21.4 Å². The number of rotatable bonds is 8. The van der Waals surface area contributed by atoms with E-state index in [1.54, 1.807) is 0 Å². The van der Waals surface area contributed by atoms with Crippen molar-refractivity contribution in [1.29, 1.82) is 0 Å². The standard InChI is InChI=1S/C15H25Cl2N5/c1-3-5-6-7-8-9-10-12-13(4-2)20-14-21(17)11-19-22(14)15(12,16)18/h11H,3-10,18H2,1-2H3. The van der Waals surface area contributed by atoms with Gasteiger partial charge in [-0.25, -0.2) is 9.41 Å². The van der Waals surface area contributed by atoms with E-state index in [2.05, 4.69) is 23.9 Å². The topological polar surface area (TPSA) is 57.2 Å².